The Balaban J connectivity index is 1.79. The van der Waals surface area contributed by atoms with Crippen LogP contribution >= 0.6 is 0 Å². The summed E-state index contributed by atoms with van der Waals surface area (Å²) in [6, 6.07) is 13.5. The van der Waals surface area contributed by atoms with Crippen molar-refractivity contribution in [3.05, 3.63) is 70.5 Å². The largest absolute Gasteiger partial charge is 0.330 e. The number of rotatable bonds is 4. The summed E-state index contributed by atoms with van der Waals surface area (Å²) in [6.07, 6.45) is 4.62. The molecule has 2 N–H and O–H groups in total. The molecule has 1 aliphatic rings. The van der Waals surface area contributed by atoms with Gasteiger partial charge < -0.3 is 5.73 Å². The van der Waals surface area contributed by atoms with Crippen molar-refractivity contribution in [3.8, 4) is 0 Å². The first-order chi connectivity index (χ1) is 9.76. The molecule has 1 atom stereocenters. The Bertz CT molecular complexity index is 589. The summed E-state index contributed by atoms with van der Waals surface area (Å²) in [5.41, 5.74) is 11.4. The van der Waals surface area contributed by atoms with E-state index in [0.29, 0.717) is 6.54 Å². The van der Waals surface area contributed by atoms with Crippen LogP contribution < -0.4 is 5.73 Å². The van der Waals surface area contributed by atoms with Crippen LogP contribution in [0.1, 0.15) is 34.6 Å². The summed E-state index contributed by atoms with van der Waals surface area (Å²) in [6.45, 7) is 0.586. The van der Waals surface area contributed by atoms with E-state index in [4.69, 9.17) is 5.73 Å². The number of hydrogen-bond acceptors (Lipinski definition) is 1. The Hall–Kier alpha value is -1.67. The molecule has 2 aromatic rings. The average molecular weight is 269 g/mol. The van der Waals surface area contributed by atoms with Gasteiger partial charge in [-0.15, -0.1) is 0 Å². The van der Waals surface area contributed by atoms with Crippen LogP contribution in [0.2, 0.25) is 0 Å². The molecule has 0 bridgehead atoms. The Morgan fingerprint density at radius 1 is 1.00 bits per heavy atom. The number of hydrogen-bond donors (Lipinski definition) is 1. The maximum atomic E-state index is 13.0. The minimum atomic E-state index is -0.193. The van der Waals surface area contributed by atoms with Crippen molar-refractivity contribution >= 4 is 0 Å². The van der Waals surface area contributed by atoms with Crippen molar-refractivity contribution in [2.24, 2.45) is 5.73 Å². The minimum Gasteiger partial charge on any atom is -0.330 e. The SMILES string of the molecule is NCC(Cc1ccc2c(c1)CCC2)c1ccc(F)cc1. The van der Waals surface area contributed by atoms with Gasteiger partial charge in [-0.3, -0.25) is 0 Å². The van der Waals surface area contributed by atoms with Crippen LogP contribution in [-0.2, 0) is 19.3 Å². The lowest BCUT2D eigenvalue weighted by Crippen LogP contribution is -2.15. The third-order valence-electron chi connectivity index (χ3n) is 4.27. The molecule has 0 aromatic heterocycles. The molecule has 0 fully saturated rings. The van der Waals surface area contributed by atoms with Crippen LogP contribution in [0.3, 0.4) is 0 Å². The number of fused-ring (bicyclic) bond motifs is 1. The third kappa shape index (κ3) is 2.75. The topological polar surface area (TPSA) is 26.0 Å². The fourth-order valence-corrected chi connectivity index (χ4v) is 3.11. The Kier molecular flexibility index (Phi) is 3.83. The summed E-state index contributed by atoms with van der Waals surface area (Å²) in [4.78, 5) is 0. The fourth-order valence-electron chi connectivity index (χ4n) is 3.11. The molecule has 0 radical (unpaired) electrons. The molecule has 0 amide bonds. The van der Waals surface area contributed by atoms with Crippen molar-refractivity contribution in [1.29, 1.82) is 0 Å². The summed E-state index contributed by atoms with van der Waals surface area (Å²) in [5, 5.41) is 0. The zero-order valence-corrected chi connectivity index (χ0v) is 11.6. The molecule has 0 saturated carbocycles. The van der Waals surface area contributed by atoms with Crippen LogP contribution in [0.25, 0.3) is 0 Å². The molecule has 3 rings (SSSR count). The second-order valence-corrected chi connectivity index (χ2v) is 5.64. The van der Waals surface area contributed by atoms with Gasteiger partial charge >= 0.3 is 0 Å². The second-order valence-electron chi connectivity index (χ2n) is 5.64. The van der Waals surface area contributed by atoms with Crippen molar-refractivity contribution in [2.45, 2.75) is 31.6 Å². The minimum absolute atomic E-state index is 0.193. The van der Waals surface area contributed by atoms with Crippen LogP contribution in [0.15, 0.2) is 42.5 Å². The lowest BCUT2D eigenvalue weighted by molar-refractivity contribution is 0.623. The van der Waals surface area contributed by atoms with E-state index < -0.39 is 0 Å². The lowest BCUT2D eigenvalue weighted by atomic mass is 9.91. The molecule has 20 heavy (non-hydrogen) atoms. The first-order valence-electron chi connectivity index (χ1n) is 7.32. The van der Waals surface area contributed by atoms with Gasteiger partial charge in [-0.25, -0.2) is 4.39 Å². The van der Waals surface area contributed by atoms with Gasteiger partial charge in [0.15, 0.2) is 0 Å². The summed E-state index contributed by atoms with van der Waals surface area (Å²) < 4.78 is 13.0. The highest BCUT2D eigenvalue weighted by atomic mass is 19.1. The highest BCUT2D eigenvalue weighted by Gasteiger charge is 2.14. The molecule has 2 heteroatoms. The number of nitrogens with two attached hydrogens (primary N) is 1. The van der Waals surface area contributed by atoms with E-state index in [1.807, 2.05) is 12.1 Å². The monoisotopic (exact) mass is 269 g/mol. The van der Waals surface area contributed by atoms with Gasteiger partial charge in [-0.2, -0.15) is 0 Å². The summed E-state index contributed by atoms with van der Waals surface area (Å²) in [5.74, 6) is 0.0668. The molecule has 0 heterocycles. The molecule has 1 nitrogen and oxygen atoms in total. The van der Waals surface area contributed by atoms with Crippen molar-refractivity contribution in [1.82, 2.24) is 0 Å². The third-order valence-corrected chi connectivity index (χ3v) is 4.27. The zero-order valence-electron chi connectivity index (χ0n) is 11.6. The normalized spacial score (nSPS) is 15.1. The highest BCUT2D eigenvalue weighted by Crippen LogP contribution is 2.26. The van der Waals surface area contributed by atoms with Crippen LogP contribution in [0.5, 0.6) is 0 Å². The molecule has 0 aliphatic heterocycles. The molecule has 0 spiro atoms. The van der Waals surface area contributed by atoms with Gasteiger partial charge in [-0.05, 0) is 66.6 Å². The Morgan fingerprint density at radius 3 is 2.50 bits per heavy atom. The van der Waals surface area contributed by atoms with Gasteiger partial charge in [0.05, 0.1) is 0 Å². The van der Waals surface area contributed by atoms with E-state index in [-0.39, 0.29) is 11.7 Å². The van der Waals surface area contributed by atoms with E-state index >= 15 is 0 Å². The number of benzene rings is 2. The smallest absolute Gasteiger partial charge is 0.123 e. The Morgan fingerprint density at radius 2 is 1.75 bits per heavy atom. The lowest BCUT2D eigenvalue weighted by Gasteiger charge is -2.16. The predicted molar refractivity (Wildman–Crippen MR) is 80.4 cm³/mol. The molecule has 1 aliphatic carbocycles. The molecule has 104 valence electrons. The second kappa shape index (κ2) is 5.76. The van der Waals surface area contributed by atoms with E-state index in [2.05, 4.69) is 18.2 Å². The summed E-state index contributed by atoms with van der Waals surface area (Å²) in [7, 11) is 0. The maximum absolute atomic E-state index is 13.0. The van der Waals surface area contributed by atoms with Crippen LogP contribution in [0.4, 0.5) is 4.39 Å². The average Bonchev–Trinajstić information content (AvgIpc) is 2.93. The van der Waals surface area contributed by atoms with Crippen LogP contribution in [0, 0.1) is 5.82 Å². The van der Waals surface area contributed by atoms with Crippen molar-refractivity contribution in [2.75, 3.05) is 6.54 Å². The zero-order chi connectivity index (χ0) is 13.9. The first kappa shape index (κ1) is 13.3. The Labute approximate surface area is 119 Å². The maximum Gasteiger partial charge on any atom is 0.123 e. The predicted octanol–water partition coefficient (Wildman–Crippen LogP) is 3.60. The van der Waals surface area contributed by atoms with Crippen LogP contribution in [-0.4, -0.2) is 6.54 Å². The number of aryl methyl sites for hydroxylation is 2. The molecule has 1 unspecified atom stereocenters. The van der Waals surface area contributed by atoms with Gasteiger partial charge in [0.2, 0.25) is 0 Å². The van der Waals surface area contributed by atoms with Crippen molar-refractivity contribution < 1.29 is 4.39 Å². The van der Waals surface area contributed by atoms with Gasteiger partial charge in [0.25, 0.3) is 0 Å². The van der Waals surface area contributed by atoms with Gasteiger partial charge in [0.1, 0.15) is 5.82 Å². The quantitative estimate of drug-likeness (QED) is 0.901. The number of halogens is 1. The van der Waals surface area contributed by atoms with Crippen molar-refractivity contribution in [3.63, 3.8) is 0 Å². The summed E-state index contributed by atoms with van der Waals surface area (Å²) >= 11 is 0. The molecular formula is C18H20FN. The van der Waals surface area contributed by atoms with E-state index in [0.717, 1.165) is 12.0 Å². The van der Waals surface area contributed by atoms with E-state index in [9.17, 15) is 4.39 Å². The molecular weight excluding hydrogens is 249 g/mol. The fraction of sp³-hybridized carbons (Fsp3) is 0.333. The molecule has 0 saturated heterocycles. The van der Waals surface area contributed by atoms with Gasteiger partial charge in [0, 0.05) is 5.92 Å². The van der Waals surface area contributed by atoms with Gasteiger partial charge in [-0.1, -0.05) is 30.3 Å². The molecule has 2 aromatic carbocycles. The highest BCUT2D eigenvalue weighted by molar-refractivity contribution is 5.36. The standard InChI is InChI=1S/C18H20FN/c19-18-8-6-15(7-9-18)17(12-20)11-13-4-5-14-2-1-3-16(14)10-13/h4-10,17H,1-3,11-12,20H2. The van der Waals surface area contributed by atoms with E-state index in [1.165, 1.54) is 48.1 Å². The first-order valence-corrected chi connectivity index (χ1v) is 7.32. The van der Waals surface area contributed by atoms with E-state index in [1.54, 1.807) is 0 Å².